The summed E-state index contributed by atoms with van der Waals surface area (Å²) >= 11 is 0. The Morgan fingerprint density at radius 1 is 0.365 bits per heavy atom. The molecule has 0 spiro atoms. The Hall–Kier alpha value is -6.80. The van der Waals surface area contributed by atoms with E-state index in [1.807, 2.05) is 109 Å². The topological polar surface area (TPSA) is 105 Å². The fourth-order valence-electron chi connectivity index (χ4n) is 9.88. The predicted octanol–water partition coefficient (Wildman–Crippen LogP) is 16.6. The molecular weight excluding hydrogens is 921 g/mol. The van der Waals surface area contributed by atoms with Gasteiger partial charge in [0.1, 0.15) is 34.2 Å². The molecule has 0 amide bonds. The van der Waals surface area contributed by atoms with Gasteiger partial charge in [-0.1, -0.05) is 149 Å². The first kappa shape index (κ1) is 56.5. The third-order valence-corrected chi connectivity index (χ3v) is 16.5. The molecule has 74 heavy (non-hydrogen) atoms. The van der Waals surface area contributed by atoms with E-state index in [9.17, 15) is 19.2 Å². The summed E-state index contributed by atoms with van der Waals surface area (Å²) in [6, 6.07) is 44.9. The van der Waals surface area contributed by atoms with Crippen molar-refractivity contribution in [1.29, 1.82) is 0 Å². The molecular formula is C66H78O8. The maximum atomic E-state index is 14.7. The Kier molecular flexibility index (Phi) is 17.4. The summed E-state index contributed by atoms with van der Waals surface area (Å²) in [4.78, 5) is 54.7. The fraction of sp³-hybridized carbons (Fsp3) is 0.394. The molecule has 0 aromatic heterocycles. The quantitative estimate of drug-likeness (QED) is 0.0355. The number of carbonyl (C=O) groups excluding carboxylic acids is 4. The lowest BCUT2D eigenvalue weighted by molar-refractivity contribution is -0.0386. The summed E-state index contributed by atoms with van der Waals surface area (Å²) in [5, 5.41) is 0. The van der Waals surface area contributed by atoms with E-state index in [1.165, 1.54) is 0 Å². The van der Waals surface area contributed by atoms with E-state index in [0.29, 0.717) is 71.6 Å². The molecule has 0 saturated carbocycles. The first-order valence-corrected chi connectivity index (χ1v) is 26.5. The van der Waals surface area contributed by atoms with Crippen molar-refractivity contribution in [2.75, 3.05) is 0 Å². The van der Waals surface area contributed by atoms with Gasteiger partial charge in [0.05, 0.1) is 16.5 Å². The number of hydrogen-bond donors (Lipinski definition) is 0. The lowest BCUT2D eigenvalue weighted by Crippen LogP contribution is -2.54. The predicted molar refractivity (Wildman–Crippen MR) is 298 cm³/mol. The van der Waals surface area contributed by atoms with Crippen LogP contribution in [0.4, 0.5) is 0 Å². The van der Waals surface area contributed by atoms with Gasteiger partial charge in [-0.05, 0) is 154 Å². The molecule has 0 N–H and O–H groups in total. The van der Waals surface area contributed by atoms with Crippen LogP contribution >= 0.6 is 0 Å². The van der Waals surface area contributed by atoms with Gasteiger partial charge >= 0.3 is 11.9 Å². The highest BCUT2D eigenvalue weighted by atomic mass is 16.5. The summed E-state index contributed by atoms with van der Waals surface area (Å²) in [5.41, 5.74) is 2.75. The zero-order valence-electron chi connectivity index (χ0n) is 46.4. The SMILES string of the molecule is CCC(C)(C)Oc1ccc(C(C)(C)c2ccc(OC(=O)c3ccc(C(=O)C(CC)(CC)C(C)(CC)Oc4ccc(C(C)(C)c5ccc(OC(=O)c6cccc(C(=O)C(C)(CC)CC)c6)cc5)cc4)cc3)cc2)cc1. The van der Waals surface area contributed by atoms with E-state index in [2.05, 4.69) is 72.7 Å². The third-order valence-electron chi connectivity index (χ3n) is 16.5. The Morgan fingerprint density at radius 3 is 1.14 bits per heavy atom. The first-order chi connectivity index (χ1) is 34.9. The highest BCUT2D eigenvalue weighted by molar-refractivity contribution is 6.03. The zero-order chi connectivity index (χ0) is 54.3. The summed E-state index contributed by atoms with van der Waals surface area (Å²) in [7, 11) is 0. The average molecular weight is 999 g/mol. The molecule has 0 aliphatic carbocycles. The van der Waals surface area contributed by atoms with Crippen LogP contribution in [0.15, 0.2) is 146 Å². The van der Waals surface area contributed by atoms with Crippen LogP contribution in [0, 0.1) is 10.8 Å². The number of Topliss-reactive ketones (excluding diaryl/α,β-unsaturated/α-hetero) is 2. The van der Waals surface area contributed by atoms with Crippen molar-refractivity contribution < 1.29 is 38.1 Å². The van der Waals surface area contributed by atoms with E-state index in [1.54, 1.807) is 60.7 Å². The minimum absolute atomic E-state index is 0.0220. The molecule has 0 aliphatic heterocycles. The normalized spacial score (nSPS) is 13.1. The van der Waals surface area contributed by atoms with Crippen LogP contribution in [0.3, 0.4) is 0 Å². The van der Waals surface area contributed by atoms with Crippen LogP contribution in [0.1, 0.15) is 199 Å². The van der Waals surface area contributed by atoms with Gasteiger partial charge in [-0.2, -0.15) is 0 Å². The summed E-state index contributed by atoms with van der Waals surface area (Å²) in [6.45, 7) is 29.0. The molecule has 390 valence electrons. The maximum Gasteiger partial charge on any atom is 0.343 e. The van der Waals surface area contributed by atoms with Crippen molar-refractivity contribution >= 4 is 23.5 Å². The minimum atomic E-state index is -0.879. The number of carbonyl (C=O) groups is 4. The Bertz CT molecular complexity index is 2880. The molecule has 0 heterocycles. The number of ether oxygens (including phenoxy) is 4. The van der Waals surface area contributed by atoms with Gasteiger partial charge in [0.2, 0.25) is 0 Å². The molecule has 6 aromatic rings. The van der Waals surface area contributed by atoms with E-state index in [0.717, 1.165) is 34.4 Å². The van der Waals surface area contributed by atoms with Crippen molar-refractivity contribution in [3.05, 3.63) is 190 Å². The standard InChI is InChI=1S/C66H78O8/c1-15-61(7,8)73-55-40-32-51(33-41-55)62(9,10)49-28-36-53(37-29-49)71-59(69)46-26-24-45(25-27-46)58(68)66(19-5,20-6)65(14,18-4)74-56-42-34-52(35-43-56)63(11,12)50-30-38-54(39-31-50)72-60(70)48-23-21-22-47(44-48)57(67)64(13,16-2)17-3/h21-44H,15-20H2,1-14H3. The highest BCUT2D eigenvalue weighted by Crippen LogP contribution is 2.47. The van der Waals surface area contributed by atoms with Gasteiger partial charge in [-0.3, -0.25) is 9.59 Å². The molecule has 0 aliphatic rings. The van der Waals surface area contributed by atoms with Crippen LogP contribution in [0.5, 0.6) is 23.0 Å². The lowest BCUT2D eigenvalue weighted by Gasteiger charge is -2.46. The summed E-state index contributed by atoms with van der Waals surface area (Å²) in [6.07, 6.45) is 3.98. The van der Waals surface area contributed by atoms with Gasteiger partial charge in [0.25, 0.3) is 0 Å². The van der Waals surface area contributed by atoms with Crippen LogP contribution in [0.25, 0.3) is 0 Å². The van der Waals surface area contributed by atoms with Crippen LogP contribution in [0.2, 0.25) is 0 Å². The second-order valence-corrected chi connectivity index (χ2v) is 21.9. The zero-order valence-corrected chi connectivity index (χ0v) is 46.4. The maximum absolute atomic E-state index is 14.7. The molecule has 1 atom stereocenters. The van der Waals surface area contributed by atoms with Crippen molar-refractivity contribution in [3.63, 3.8) is 0 Å². The third kappa shape index (κ3) is 11.9. The van der Waals surface area contributed by atoms with Gasteiger partial charge < -0.3 is 18.9 Å². The van der Waals surface area contributed by atoms with Crippen LogP contribution < -0.4 is 18.9 Å². The Balaban J connectivity index is 1.09. The monoisotopic (exact) mass is 999 g/mol. The molecule has 0 fully saturated rings. The Labute approximate surface area is 441 Å². The van der Waals surface area contributed by atoms with Gasteiger partial charge in [-0.25, -0.2) is 9.59 Å². The minimum Gasteiger partial charge on any atom is -0.488 e. The van der Waals surface area contributed by atoms with Crippen molar-refractivity contribution in [1.82, 2.24) is 0 Å². The van der Waals surface area contributed by atoms with E-state index < -0.39 is 33.8 Å². The summed E-state index contributed by atoms with van der Waals surface area (Å²) in [5.74, 6) is 1.27. The smallest absolute Gasteiger partial charge is 0.343 e. The lowest BCUT2D eigenvalue weighted by atomic mass is 9.63. The molecule has 1 unspecified atom stereocenters. The largest absolute Gasteiger partial charge is 0.488 e. The van der Waals surface area contributed by atoms with Gasteiger partial charge in [0.15, 0.2) is 11.6 Å². The number of hydrogen-bond acceptors (Lipinski definition) is 8. The number of esters is 2. The molecule has 0 saturated heterocycles. The van der Waals surface area contributed by atoms with Crippen molar-refractivity contribution in [2.24, 2.45) is 10.8 Å². The number of benzene rings is 6. The van der Waals surface area contributed by atoms with Crippen molar-refractivity contribution in [3.8, 4) is 23.0 Å². The summed E-state index contributed by atoms with van der Waals surface area (Å²) < 4.78 is 24.6. The van der Waals surface area contributed by atoms with E-state index in [4.69, 9.17) is 18.9 Å². The van der Waals surface area contributed by atoms with E-state index >= 15 is 0 Å². The molecule has 8 heteroatoms. The van der Waals surface area contributed by atoms with E-state index in [-0.39, 0.29) is 22.6 Å². The molecule has 8 nitrogen and oxygen atoms in total. The first-order valence-electron chi connectivity index (χ1n) is 26.5. The Morgan fingerprint density at radius 2 is 0.743 bits per heavy atom. The molecule has 0 radical (unpaired) electrons. The van der Waals surface area contributed by atoms with Crippen LogP contribution in [-0.2, 0) is 10.8 Å². The fourth-order valence-corrected chi connectivity index (χ4v) is 9.88. The van der Waals surface area contributed by atoms with Gasteiger partial charge in [-0.15, -0.1) is 0 Å². The molecule has 6 rings (SSSR count). The second kappa shape index (κ2) is 22.8. The molecule has 0 bridgehead atoms. The average Bonchev–Trinajstić information content (AvgIpc) is 3.41. The second-order valence-electron chi connectivity index (χ2n) is 21.9. The van der Waals surface area contributed by atoms with Gasteiger partial charge in [0, 0.05) is 27.4 Å². The highest BCUT2D eigenvalue weighted by Gasteiger charge is 2.52. The number of rotatable bonds is 23. The number of ketones is 2. The van der Waals surface area contributed by atoms with Crippen molar-refractivity contribution in [2.45, 2.75) is 157 Å². The molecule has 6 aromatic carbocycles. The van der Waals surface area contributed by atoms with Crippen LogP contribution in [-0.4, -0.2) is 34.7 Å².